The molecule has 0 N–H and O–H groups in total. The summed E-state index contributed by atoms with van der Waals surface area (Å²) in [4.78, 5) is 4.55. The van der Waals surface area contributed by atoms with Crippen molar-refractivity contribution in [2.24, 2.45) is 0 Å². The van der Waals surface area contributed by atoms with Gasteiger partial charge in [0, 0.05) is 56.0 Å². The highest BCUT2D eigenvalue weighted by Crippen LogP contribution is 2.39. The number of rotatable bonds is 10. The third kappa shape index (κ3) is 7.20. The van der Waals surface area contributed by atoms with E-state index in [1.54, 1.807) is 0 Å². The van der Waals surface area contributed by atoms with Gasteiger partial charge in [-0.1, -0.05) is 146 Å². The van der Waals surface area contributed by atoms with E-state index in [0.717, 1.165) is 101 Å². The van der Waals surface area contributed by atoms with E-state index in [4.69, 9.17) is 8.83 Å². The van der Waals surface area contributed by atoms with Gasteiger partial charge >= 0.3 is 0 Å². The van der Waals surface area contributed by atoms with E-state index in [1.807, 2.05) is 24.3 Å². The summed E-state index contributed by atoms with van der Waals surface area (Å²) >= 11 is 0. The number of anilines is 6. The smallest absolute Gasteiger partial charge is 0.135 e. The van der Waals surface area contributed by atoms with Crippen molar-refractivity contribution < 1.29 is 8.83 Å². The Morgan fingerprint density at radius 3 is 0.758 bits per heavy atom. The second-order valence-electron chi connectivity index (χ2n) is 15.4. The van der Waals surface area contributed by atoms with Crippen LogP contribution >= 0.6 is 0 Å². The van der Waals surface area contributed by atoms with Crippen LogP contribution in [0.1, 0.15) is 0 Å². The molecule has 9 aromatic carbocycles. The van der Waals surface area contributed by atoms with E-state index >= 15 is 0 Å². The highest BCUT2D eigenvalue weighted by molar-refractivity contribution is 5.97. The van der Waals surface area contributed by atoms with E-state index in [2.05, 4.69) is 228 Å². The van der Waals surface area contributed by atoms with E-state index in [-0.39, 0.29) is 0 Å². The van der Waals surface area contributed by atoms with Crippen molar-refractivity contribution in [2.45, 2.75) is 0 Å². The van der Waals surface area contributed by atoms with Gasteiger partial charge in [-0.2, -0.15) is 0 Å². The van der Waals surface area contributed by atoms with Crippen molar-refractivity contribution in [1.29, 1.82) is 0 Å². The first-order valence-electron chi connectivity index (χ1n) is 20.9. The van der Waals surface area contributed by atoms with Gasteiger partial charge < -0.3 is 18.6 Å². The Morgan fingerprint density at radius 2 is 0.468 bits per heavy atom. The molecule has 294 valence electrons. The average molecular weight is 797 g/mol. The average Bonchev–Trinajstić information content (AvgIpc) is 3.97. The number of para-hydroxylation sites is 4. The first kappa shape index (κ1) is 36.7. The number of fused-ring (bicyclic) bond motifs is 2. The summed E-state index contributed by atoms with van der Waals surface area (Å²) in [5.74, 6) is 1.65. The summed E-state index contributed by atoms with van der Waals surface area (Å²) in [6.45, 7) is 0. The third-order valence-electron chi connectivity index (χ3n) is 11.5. The fourth-order valence-electron chi connectivity index (χ4n) is 8.32. The lowest BCUT2D eigenvalue weighted by molar-refractivity contribution is 0.627. The van der Waals surface area contributed by atoms with E-state index < -0.39 is 0 Å². The summed E-state index contributed by atoms with van der Waals surface area (Å²) in [5, 5.41) is 2.01. The minimum absolute atomic E-state index is 0.826. The Hall–Kier alpha value is -8.34. The fraction of sp³-hybridized carbons (Fsp3) is 0. The van der Waals surface area contributed by atoms with Gasteiger partial charge in [0.05, 0.1) is 0 Å². The molecular formula is C58H40N2O2. The van der Waals surface area contributed by atoms with E-state index in [0.29, 0.717) is 0 Å². The lowest BCUT2D eigenvalue weighted by Crippen LogP contribution is -2.09. The van der Waals surface area contributed by atoms with Crippen LogP contribution in [0.5, 0.6) is 0 Å². The summed E-state index contributed by atoms with van der Waals surface area (Å²) in [7, 11) is 0. The second-order valence-corrected chi connectivity index (χ2v) is 15.4. The molecule has 0 saturated heterocycles. The van der Waals surface area contributed by atoms with Crippen LogP contribution in [-0.2, 0) is 0 Å². The molecule has 0 atom stereocenters. The number of benzene rings is 9. The van der Waals surface area contributed by atoms with Crippen LogP contribution in [0.25, 0.3) is 66.8 Å². The fourth-order valence-corrected chi connectivity index (χ4v) is 8.32. The number of hydrogen-bond acceptors (Lipinski definition) is 4. The molecule has 2 heterocycles. The largest absolute Gasteiger partial charge is 0.456 e. The maximum absolute atomic E-state index is 6.44. The third-order valence-corrected chi connectivity index (χ3v) is 11.5. The molecule has 62 heavy (non-hydrogen) atoms. The van der Waals surface area contributed by atoms with Crippen LogP contribution in [0, 0.1) is 0 Å². The number of nitrogens with zero attached hydrogens (tertiary/aromatic N) is 2. The lowest BCUT2D eigenvalue weighted by Gasteiger charge is -2.25. The van der Waals surface area contributed by atoms with Crippen LogP contribution in [0.15, 0.2) is 251 Å². The van der Waals surface area contributed by atoms with Crippen molar-refractivity contribution >= 4 is 56.1 Å². The van der Waals surface area contributed by atoms with Crippen LogP contribution in [0.2, 0.25) is 0 Å². The van der Waals surface area contributed by atoms with Crippen molar-refractivity contribution in [3.05, 3.63) is 243 Å². The Balaban J connectivity index is 0.794. The van der Waals surface area contributed by atoms with Gasteiger partial charge in [0.15, 0.2) is 0 Å². The number of hydrogen-bond donors (Lipinski definition) is 0. The van der Waals surface area contributed by atoms with Crippen molar-refractivity contribution in [3.8, 4) is 44.9 Å². The molecule has 0 radical (unpaired) electrons. The molecule has 2 aromatic heterocycles. The van der Waals surface area contributed by atoms with Crippen LogP contribution < -0.4 is 9.80 Å². The van der Waals surface area contributed by atoms with Crippen LogP contribution in [-0.4, -0.2) is 0 Å². The molecule has 0 fully saturated rings. The first-order valence-corrected chi connectivity index (χ1v) is 20.9. The Bertz CT molecular complexity index is 2880. The first-order chi connectivity index (χ1) is 30.7. The minimum Gasteiger partial charge on any atom is -0.456 e. The summed E-state index contributed by atoms with van der Waals surface area (Å²) in [6, 6.07) is 84.9. The second kappa shape index (κ2) is 16.0. The SMILES string of the molecule is c1ccc(N(c2ccccc2)c2ccc(-c3ccc(-c4cc5cc6oc(-c7ccc(-c8ccc(N(c9ccccc9)c9ccccc9)cc8)cc7)cc6cc5o4)cc3)cc2)cc1. The lowest BCUT2D eigenvalue weighted by atomic mass is 10.0. The standard InChI is InChI=1S/C58H40N2O2/c1-5-13-49(14-6-1)59(50-15-7-2-8-16-50)53-33-29-43(30-34-53)41-21-25-45(26-22-41)55-37-47-39-58-48(40-57(47)61-55)38-56(62-58)46-27-23-42(24-28-46)44-31-35-54(36-32-44)60(51-17-9-3-10-18-51)52-19-11-4-12-20-52/h1-40H. The van der Waals surface area contributed by atoms with Gasteiger partial charge in [0.1, 0.15) is 22.7 Å². The Kier molecular flexibility index (Phi) is 9.49. The van der Waals surface area contributed by atoms with E-state index in [1.165, 1.54) is 0 Å². The van der Waals surface area contributed by atoms with Gasteiger partial charge in [-0.05, 0) is 119 Å². The molecule has 11 aromatic rings. The number of furan rings is 2. The van der Waals surface area contributed by atoms with E-state index in [9.17, 15) is 0 Å². The normalized spacial score (nSPS) is 11.2. The molecule has 0 bridgehead atoms. The molecule has 0 aliphatic rings. The summed E-state index contributed by atoms with van der Waals surface area (Å²) in [5.41, 5.74) is 15.0. The molecular weight excluding hydrogens is 757 g/mol. The van der Waals surface area contributed by atoms with Crippen molar-refractivity contribution in [1.82, 2.24) is 0 Å². The zero-order valence-corrected chi connectivity index (χ0v) is 33.8. The van der Waals surface area contributed by atoms with Crippen LogP contribution in [0.3, 0.4) is 0 Å². The molecule has 0 aliphatic heterocycles. The molecule has 0 saturated carbocycles. The zero-order valence-electron chi connectivity index (χ0n) is 33.8. The summed E-state index contributed by atoms with van der Waals surface area (Å²) < 4.78 is 12.9. The predicted octanol–water partition coefficient (Wildman–Crippen LogP) is 16.8. The monoisotopic (exact) mass is 796 g/mol. The van der Waals surface area contributed by atoms with Crippen molar-refractivity contribution in [3.63, 3.8) is 0 Å². The highest BCUT2D eigenvalue weighted by atomic mass is 16.3. The maximum atomic E-state index is 6.44. The molecule has 4 nitrogen and oxygen atoms in total. The predicted molar refractivity (Wildman–Crippen MR) is 257 cm³/mol. The van der Waals surface area contributed by atoms with Gasteiger partial charge in [0.25, 0.3) is 0 Å². The summed E-state index contributed by atoms with van der Waals surface area (Å²) in [6.07, 6.45) is 0. The highest BCUT2D eigenvalue weighted by Gasteiger charge is 2.16. The molecule has 0 amide bonds. The minimum atomic E-state index is 0.826. The maximum Gasteiger partial charge on any atom is 0.135 e. The van der Waals surface area contributed by atoms with Crippen molar-refractivity contribution in [2.75, 3.05) is 9.80 Å². The molecule has 0 spiro atoms. The molecule has 4 heteroatoms. The van der Waals surface area contributed by atoms with Gasteiger partial charge in [-0.25, -0.2) is 0 Å². The molecule has 0 aliphatic carbocycles. The van der Waals surface area contributed by atoms with Gasteiger partial charge in [0.2, 0.25) is 0 Å². The van der Waals surface area contributed by atoms with Crippen LogP contribution in [0.4, 0.5) is 34.1 Å². The topological polar surface area (TPSA) is 32.8 Å². The van der Waals surface area contributed by atoms with Gasteiger partial charge in [-0.15, -0.1) is 0 Å². The quantitative estimate of drug-likeness (QED) is 0.138. The Morgan fingerprint density at radius 1 is 0.226 bits per heavy atom. The molecule has 0 unspecified atom stereocenters. The molecule has 11 rings (SSSR count). The van der Waals surface area contributed by atoms with Gasteiger partial charge in [-0.3, -0.25) is 0 Å². The zero-order chi connectivity index (χ0) is 41.2. The Labute approximate surface area is 360 Å².